The van der Waals surface area contributed by atoms with Gasteiger partial charge in [-0.25, -0.2) is 0 Å². The standard InChI is InChI=1S/C14H23N3O2/c1-11-8-12(18-2)9-13(19-3)14(11)16-10-17-6-4-15-5-7-17/h8-9,15-16H,4-7,10H2,1-3H3. The van der Waals surface area contributed by atoms with Crippen molar-refractivity contribution in [2.24, 2.45) is 0 Å². The summed E-state index contributed by atoms with van der Waals surface area (Å²) >= 11 is 0. The molecule has 0 saturated carbocycles. The van der Waals surface area contributed by atoms with Crippen LogP contribution in [0.25, 0.3) is 0 Å². The molecule has 5 nitrogen and oxygen atoms in total. The van der Waals surface area contributed by atoms with Gasteiger partial charge < -0.3 is 20.1 Å². The molecule has 0 aromatic heterocycles. The van der Waals surface area contributed by atoms with Crippen LogP contribution in [0.2, 0.25) is 0 Å². The van der Waals surface area contributed by atoms with Gasteiger partial charge in [-0.1, -0.05) is 0 Å². The van der Waals surface area contributed by atoms with E-state index in [4.69, 9.17) is 9.47 Å². The number of nitrogens with zero attached hydrogens (tertiary/aromatic N) is 1. The highest BCUT2D eigenvalue weighted by molar-refractivity contribution is 5.64. The zero-order valence-electron chi connectivity index (χ0n) is 12.0. The third-order valence-electron chi connectivity index (χ3n) is 3.42. The summed E-state index contributed by atoms with van der Waals surface area (Å²) in [5, 5.41) is 6.82. The molecule has 5 heteroatoms. The van der Waals surface area contributed by atoms with Gasteiger partial charge in [0.25, 0.3) is 0 Å². The monoisotopic (exact) mass is 265 g/mol. The van der Waals surface area contributed by atoms with Crippen molar-refractivity contribution < 1.29 is 9.47 Å². The Morgan fingerprint density at radius 2 is 1.95 bits per heavy atom. The van der Waals surface area contributed by atoms with Crippen LogP contribution in [0.3, 0.4) is 0 Å². The molecule has 2 N–H and O–H groups in total. The van der Waals surface area contributed by atoms with Gasteiger partial charge in [0, 0.05) is 32.2 Å². The molecule has 0 amide bonds. The molecule has 1 fully saturated rings. The summed E-state index contributed by atoms with van der Waals surface area (Å²) in [4.78, 5) is 2.39. The molecule has 0 spiro atoms. The number of piperazine rings is 1. The Morgan fingerprint density at radius 3 is 2.58 bits per heavy atom. The van der Waals surface area contributed by atoms with Crippen molar-refractivity contribution in [2.75, 3.05) is 52.4 Å². The van der Waals surface area contributed by atoms with E-state index in [1.54, 1.807) is 14.2 Å². The molecule has 1 aromatic carbocycles. The first-order valence-corrected chi connectivity index (χ1v) is 6.64. The van der Waals surface area contributed by atoms with Crippen LogP contribution in [0, 0.1) is 6.92 Å². The maximum absolute atomic E-state index is 5.44. The number of anilines is 1. The van der Waals surface area contributed by atoms with Gasteiger partial charge in [-0.05, 0) is 18.6 Å². The molecule has 2 rings (SSSR count). The number of ether oxygens (including phenoxy) is 2. The second-order valence-electron chi connectivity index (χ2n) is 4.72. The normalized spacial score (nSPS) is 16.2. The van der Waals surface area contributed by atoms with Crippen LogP contribution < -0.4 is 20.1 Å². The number of nitrogens with one attached hydrogen (secondary N) is 2. The minimum atomic E-state index is 0.821. The van der Waals surface area contributed by atoms with E-state index in [-0.39, 0.29) is 0 Å². The molecule has 1 aromatic rings. The van der Waals surface area contributed by atoms with E-state index >= 15 is 0 Å². The Balaban J connectivity index is 2.05. The van der Waals surface area contributed by atoms with Gasteiger partial charge in [-0.15, -0.1) is 0 Å². The summed E-state index contributed by atoms with van der Waals surface area (Å²) in [6, 6.07) is 3.93. The Hall–Kier alpha value is -1.46. The molecule has 1 saturated heterocycles. The van der Waals surface area contributed by atoms with Crippen LogP contribution in [0.1, 0.15) is 5.56 Å². The quantitative estimate of drug-likeness (QED) is 0.840. The van der Waals surface area contributed by atoms with Crippen LogP contribution in [-0.2, 0) is 0 Å². The largest absolute Gasteiger partial charge is 0.497 e. The zero-order chi connectivity index (χ0) is 13.7. The maximum Gasteiger partial charge on any atom is 0.145 e. The van der Waals surface area contributed by atoms with E-state index in [0.717, 1.165) is 55.6 Å². The topological polar surface area (TPSA) is 45.8 Å². The smallest absolute Gasteiger partial charge is 0.145 e. The molecule has 0 radical (unpaired) electrons. The van der Waals surface area contributed by atoms with Gasteiger partial charge in [0.05, 0.1) is 26.6 Å². The molecule has 0 atom stereocenters. The second kappa shape index (κ2) is 6.63. The molecule has 0 unspecified atom stereocenters. The Kier molecular flexibility index (Phi) is 4.87. The van der Waals surface area contributed by atoms with Crippen LogP contribution in [-0.4, -0.2) is 52.0 Å². The van der Waals surface area contributed by atoms with Crippen molar-refractivity contribution in [1.29, 1.82) is 0 Å². The zero-order valence-corrected chi connectivity index (χ0v) is 12.0. The lowest BCUT2D eigenvalue weighted by Gasteiger charge is -2.28. The highest BCUT2D eigenvalue weighted by Crippen LogP contribution is 2.32. The number of methoxy groups -OCH3 is 2. The summed E-state index contributed by atoms with van der Waals surface area (Å²) in [6.45, 7) is 7.16. The molecular formula is C14H23N3O2. The van der Waals surface area contributed by atoms with E-state index < -0.39 is 0 Å². The van der Waals surface area contributed by atoms with Gasteiger partial charge in [0.1, 0.15) is 11.5 Å². The molecule has 106 valence electrons. The third-order valence-corrected chi connectivity index (χ3v) is 3.42. The van der Waals surface area contributed by atoms with E-state index in [0.29, 0.717) is 0 Å². The van der Waals surface area contributed by atoms with Crippen molar-refractivity contribution in [3.63, 3.8) is 0 Å². The average Bonchev–Trinajstić information content (AvgIpc) is 2.46. The van der Waals surface area contributed by atoms with Crippen molar-refractivity contribution in [1.82, 2.24) is 10.2 Å². The van der Waals surface area contributed by atoms with Crippen LogP contribution >= 0.6 is 0 Å². The first kappa shape index (κ1) is 14.0. The average molecular weight is 265 g/mol. The molecule has 1 aliphatic heterocycles. The van der Waals surface area contributed by atoms with E-state index in [1.807, 2.05) is 12.1 Å². The minimum absolute atomic E-state index is 0.821. The van der Waals surface area contributed by atoms with Crippen molar-refractivity contribution in [3.8, 4) is 11.5 Å². The SMILES string of the molecule is COc1cc(C)c(NCN2CCNCC2)c(OC)c1. The van der Waals surface area contributed by atoms with Crippen molar-refractivity contribution in [3.05, 3.63) is 17.7 Å². The summed E-state index contributed by atoms with van der Waals surface area (Å²) in [5.74, 6) is 1.65. The summed E-state index contributed by atoms with van der Waals surface area (Å²) < 4.78 is 10.7. The summed E-state index contributed by atoms with van der Waals surface area (Å²) in [6.07, 6.45) is 0. The molecule has 1 aliphatic rings. The lowest BCUT2D eigenvalue weighted by atomic mass is 10.1. The predicted molar refractivity (Wildman–Crippen MR) is 77.2 cm³/mol. The first-order valence-electron chi connectivity index (χ1n) is 6.64. The molecule has 1 heterocycles. The molecule has 0 bridgehead atoms. The van der Waals surface area contributed by atoms with Gasteiger partial charge in [-0.2, -0.15) is 0 Å². The Labute approximate surface area is 114 Å². The highest BCUT2D eigenvalue weighted by atomic mass is 16.5. The van der Waals surface area contributed by atoms with Gasteiger partial charge in [0.15, 0.2) is 0 Å². The number of hydrogen-bond acceptors (Lipinski definition) is 5. The number of benzene rings is 1. The lowest BCUT2D eigenvalue weighted by Crippen LogP contribution is -2.45. The third kappa shape index (κ3) is 3.52. The summed E-state index contributed by atoms with van der Waals surface area (Å²) in [5.41, 5.74) is 2.17. The number of hydrogen-bond donors (Lipinski definition) is 2. The first-order chi connectivity index (χ1) is 9.24. The molecule has 0 aliphatic carbocycles. The molecule has 19 heavy (non-hydrogen) atoms. The van der Waals surface area contributed by atoms with E-state index in [1.165, 1.54) is 0 Å². The van der Waals surface area contributed by atoms with Crippen LogP contribution in [0.4, 0.5) is 5.69 Å². The van der Waals surface area contributed by atoms with Gasteiger partial charge in [-0.3, -0.25) is 4.90 Å². The number of rotatable bonds is 5. The lowest BCUT2D eigenvalue weighted by molar-refractivity contribution is 0.256. The Bertz CT molecular complexity index is 417. The van der Waals surface area contributed by atoms with Crippen molar-refractivity contribution in [2.45, 2.75) is 6.92 Å². The van der Waals surface area contributed by atoms with E-state index in [2.05, 4.69) is 22.5 Å². The predicted octanol–water partition coefficient (Wildman–Crippen LogP) is 1.29. The number of aryl methyl sites for hydroxylation is 1. The highest BCUT2D eigenvalue weighted by Gasteiger charge is 2.12. The van der Waals surface area contributed by atoms with Gasteiger partial charge >= 0.3 is 0 Å². The minimum Gasteiger partial charge on any atom is -0.497 e. The second-order valence-corrected chi connectivity index (χ2v) is 4.72. The fraction of sp³-hybridized carbons (Fsp3) is 0.571. The maximum atomic E-state index is 5.44. The van der Waals surface area contributed by atoms with Crippen LogP contribution in [0.15, 0.2) is 12.1 Å². The van der Waals surface area contributed by atoms with Crippen LogP contribution in [0.5, 0.6) is 11.5 Å². The fourth-order valence-electron chi connectivity index (χ4n) is 2.29. The Morgan fingerprint density at radius 1 is 1.21 bits per heavy atom. The van der Waals surface area contributed by atoms with Gasteiger partial charge in [0.2, 0.25) is 0 Å². The summed E-state index contributed by atoms with van der Waals surface area (Å²) in [7, 11) is 3.35. The molecular weight excluding hydrogens is 242 g/mol. The van der Waals surface area contributed by atoms with Crippen molar-refractivity contribution >= 4 is 5.69 Å². The van der Waals surface area contributed by atoms with E-state index in [9.17, 15) is 0 Å². The fourth-order valence-corrected chi connectivity index (χ4v) is 2.29.